The fraction of sp³-hybridized carbons (Fsp3) is 0.333. The standard InChI is InChI=1S/C27H30N4O3/c32-26-23(11-12-24(28-26)21-7-3-1-4-8-21)19-29-13-15-30(16-14-29)27(33)31-17-18-34-20-25(31)22-9-5-2-6-10-22/h1-12,25H,13-20H2,(H,28,32)/t25-/m0/s1. The van der Waals surface area contributed by atoms with Crippen molar-refractivity contribution in [3.05, 3.63) is 94.3 Å². The SMILES string of the molecule is O=C(N1CCN(Cc2ccc(-c3ccccc3)[nH]c2=O)CC1)N1CCOC[C@H]1c1ccccc1. The maximum absolute atomic E-state index is 13.4. The fourth-order valence-electron chi connectivity index (χ4n) is 4.72. The van der Waals surface area contributed by atoms with E-state index in [1.165, 1.54) is 0 Å². The average Bonchev–Trinajstić information content (AvgIpc) is 2.91. The third-order valence-electron chi connectivity index (χ3n) is 6.67. The van der Waals surface area contributed by atoms with E-state index >= 15 is 0 Å². The average molecular weight is 459 g/mol. The van der Waals surface area contributed by atoms with Crippen LogP contribution in [0.4, 0.5) is 4.79 Å². The van der Waals surface area contributed by atoms with Crippen molar-refractivity contribution in [1.82, 2.24) is 19.7 Å². The molecule has 7 heteroatoms. The van der Waals surface area contributed by atoms with E-state index in [0.717, 1.165) is 35.5 Å². The van der Waals surface area contributed by atoms with Gasteiger partial charge in [-0.05, 0) is 17.2 Å². The van der Waals surface area contributed by atoms with Crippen LogP contribution in [0.5, 0.6) is 0 Å². The molecule has 176 valence electrons. The van der Waals surface area contributed by atoms with Crippen molar-refractivity contribution in [2.75, 3.05) is 45.9 Å². The predicted octanol–water partition coefficient (Wildman–Crippen LogP) is 3.35. The Kier molecular flexibility index (Phi) is 6.74. The number of rotatable bonds is 4. The van der Waals surface area contributed by atoms with Crippen LogP contribution in [0.1, 0.15) is 17.2 Å². The van der Waals surface area contributed by atoms with Crippen molar-refractivity contribution < 1.29 is 9.53 Å². The van der Waals surface area contributed by atoms with E-state index in [4.69, 9.17) is 4.74 Å². The molecule has 2 aliphatic heterocycles. The van der Waals surface area contributed by atoms with Crippen molar-refractivity contribution in [2.24, 2.45) is 0 Å². The molecule has 1 N–H and O–H groups in total. The number of carbonyl (C=O) groups excluding carboxylic acids is 1. The molecule has 2 fully saturated rings. The minimum absolute atomic E-state index is 0.0535. The van der Waals surface area contributed by atoms with Crippen LogP contribution in [0.2, 0.25) is 0 Å². The van der Waals surface area contributed by atoms with E-state index in [-0.39, 0.29) is 17.6 Å². The Morgan fingerprint density at radius 1 is 0.882 bits per heavy atom. The second kappa shape index (κ2) is 10.2. The van der Waals surface area contributed by atoms with Gasteiger partial charge in [0.25, 0.3) is 5.56 Å². The number of nitrogens with one attached hydrogen (secondary N) is 1. The molecule has 1 aromatic heterocycles. The summed E-state index contributed by atoms with van der Waals surface area (Å²) in [6.45, 7) is 5.06. The lowest BCUT2D eigenvalue weighted by Gasteiger charge is -2.42. The quantitative estimate of drug-likeness (QED) is 0.651. The molecule has 5 rings (SSSR count). The first-order chi connectivity index (χ1) is 16.7. The summed E-state index contributed by atoms with van der Waals surface area (Å²) in [6.07, 6.45) is 0. The molecule has 3 aromatic rings. The van der Waals surface area contributed by atoms with Crippen molar-refractivity contribution in [1.29, 1.82) is 0 Å². The lowest BCUT2D eigenvalue weighted by atomic mass is 10.1. The molecule has 0 spiro atoms. The van der Waals surface area contributed by atoms with Crippen LogP contribution < -0.4 is 5.56 Å². The van der Waals surface area contributed by atoms with Crippen LogP contribution >= 0.6 is 0 Å². The molecule has 0 bridgehead atoms. The van der Waals surface area contributed by atoms with Gasteiger partial charge in [0.1, 0.15) is 0 Å². The Labute approximate surface area is 199 Å². The topological polar surface area (TPSA) is 68.9 Å². The van der Waals surface area contributed by atoms with Crippen molar-refractivity contribution in [3.8, 4) is 11.3 Å². The van der Waals surface area contributed by atoms with E-state index in [9.17, 15) is 9.59 Å². The number of nitrogens with zero attached hydrogens (tertiary/aromatic N) is 3. The molecule has 2 aliphatic rings. The summed E-state index contributed by atoms with van der Waals surface area (Å²) in [5, 5.41) is 0. The Morgan fingerprint density at radius 3 is 2.29 bits per heavy atom. The van der Waals surface area contributed by atoms with Crippen LogP contribution in [0, 0.1) is 0 Å². The maximum Gasteiger partial charge on any atom is 0.320 e. The number of piperazine rings is 1. The monoisotopic (exact) mass is 458 g/mol. The number of urea groups is 1. The highest BCUT2D eigenvalue weighted by Gasteiger charge is 2.33. The first-order valence-electron chi connectivity index (χ1n) is 11.9. The largest absolute Gasteiger partial charge is 0.377 e. The van der Waals surface area contributed by atoms with Crippen molar-refractivity contribution >= 4 is 6.03 Å². The molecule has 1 atom stereocenters. The molecule has 0 unspecified atom stereocenters. The number of benzene rings is 2. The van der Waals surface area contributed by atoms with Crippen molar-refractivity contribution in [3.63, 3.8) is 0 Å². The number of pyridine rings is 1. The lowest BCUT2D eigenvalue weighted by Crippen LogP contribution is -2.55. The van der Waals surface area contributed by atoms with Gasteiger partial charge in [0.15, 0.2) is 0 Å². The van der Waals surface area contributed by atoms with Gasteiger partial charge >= 0.3 is 6.03 Å². The van der Waals surface area contributed by atoms with Crippen LogP contribution in [-0.2, 0) is 11.3 Å². The molecule has 0 saturated carbocycles. The summed E-state index contributed by atoms with van der Waals surface area (Å²) < 4.78 is 5.68. The highest BCUT2D eigenvalue weighted by Crippen LogP contribution is 2.25. The van der Waals surface area contributed by atoms with E-state index in [0.29, 0.717) is 39.4 Å². The Hall–Kier alpha value is -3.42. The second-order valence-electron chi connectivity index (χ2n) is 8.83. The van der Waals surface area contributed by atoms with E-state index in [1.807, 2.05) is 70.5 Å². The van der Waals surface area contributed by atoms with Gasteiger partial charge in [-0.3, -0.25) is 9.69 Å². The molecule has 2 aromatic carbocycles. The zero-order valence-corrected chi connectivity index (χ0v) is 19.2. The maximum atomic E-state index is 13.4. The van der Waals surface area contributed by atoms with Gasteiger partial charge in [0, 0.05) is 50.5 Å². The number of aromatic amines is 1. The molecule has 2 amide bonds. The summed E-state index contributed by atoms with van der Waals surface area (Å²) in [5.41, 5.74) is 3.61. The molecular weight excluding hydrogens is 428 g/mol. The molecule has 34 heavy (non-hydrogen) atoms. The van der Waals surface area contributed by atoms with E-state index in [2.05, 4.69) is 22.0 Å². The number of hydrogen-bond donors (Lipinski definition) is 1. The minimum Gasteiger partial charge on any atom is -0.377 e. The fourth-order valence-corrected chi connectivity index (χ4v) is 4.72. The Morgan fingerprint density at radius 2 is 1.59 bits per heavy atom. The number of amides is 2. The molecule has 3 heterocycles. The highest BCUT2D eigenvalue weighted by molar-refractivity contribution is 5.75. The third-order valence-corrected chi connectivity index (χ3v) is 6.67. The summed E-state index contributed by atoms with van der Waals surface area (Å²) in [7, 11) is 0. The van der Waals surface area contributed by atoms with Gasteiger partial charge in [0.05, 0.1) is 19.3 Å². The third kappa shape index (κ3) is 4.90. The van der Waals surface area contributed by atoms with Crippen molar-refractivity contribution in [2.45, 2.75) is 12.6 Å². The Bertz CT molecular complexity index is 1160. The Balaban J connectivity index is 1.19. The van der Waals surface area contributed by atoms with Gasteiger partial charge in [-0.2, -0.15) is 0 Å². The molecule has 0 radical (unpaired) electrons. The van der Waals surface area contributed by atoms with E-state index in [1.54, 1.807) is 0 Å². The van der Waals surface area contributed by atoms with Gasteiger partial charge in [0.2, 0.25) is 0 Å². The summed E-state index contributed by atoms with van der Waals surface area (Å²) in [5.74, 6) is 0. The molecule has 2 saturated heterocycles. The molecule has 0 aliphatic carbocycles. The second-order valence-corrected chi connectivity index (χ2v) is 8.83. The van der Waals surface area contributed by atoms with E-state index < -0.39 is 0 Å². The number of aromatic nitrogens is 1. The number of hydrogen-bond acceptors (Lipinski definition) is 4. The normalized spacial score (nSPS) is 19.2. The predicted molar refractivity (Wildman–Crippen MR) is 131 cm³/mol. The number of H-pyrrole nitrogens is 1. The minimum atomic E-state index is -0.0566. The van der Waals surface area contributed by atoms with Gasteiger partial charge in [-0.15, -0.1) is 0 Å². The zero-order valence-electron chi connectivity index (χ0n) is 19.2. The van der Waals surface area contributed by atoms with Gasteiger partial charge in [-0.25, -0.2) is 4.79 Å². The summed E-state index contributed by atoms with van der Waals surface area (Å²) >= 11 is 0. The van der Waals surface area contributed by atoms with Crippen LogP contribution in [0.3, 0.4) is 0 Å². The first kappa shape index (κ1) is 22.4. The van der Waals surface area contributed by atoms with Crippen LogP contribution in [-0.4, -0.2) is 71.7 Å². The number of carbonyl (C=O) groups is 1. The lowest BCUT2D eigenvalue weighted by molar-refractivity contribution is -0.000571. The van der Waals surface area contributed by atoms with Gasteiger partial charge in [-0.1, -0.05) is 66.7 Å². The van der Waals surface area contributed by atoms with Gasteiger partial charge < -0.3 is 19.5 Å². The summed E-state index contributed by atoms with van der Waals surface area (Å²) in [4.78, 5) is 35.1. The zero-order chi connectivity index (χ0) is 23.3. The van der Waals surface area contributed by atoms with Crippen LogP contribution in [0.25, 0.3) is 11.3 Å². The highest BCUT2D eigenvalue weighted by atomic mass is 16.5. The molecular formula is C27H30N4O3. The smallest absolute Gasteiger partial charge is 0.320 e. The molecule has 7 nitrogen and oxygen atoms in total. The number of ether oxygens (including phenoxy) is 1. The number of morpholine rings is 1. The summed E-state index contributed by atoms with van der Waals surface area (Å²) in [6, 6.07) is 23.8. The van der Waals surface area contributed by atoms with Crippen LogP contribution in [0.15, 0.2) is 77.6 Å². The first-order valence-corrected chi connectivity index (χ1v) is 11.9.